The Balaban J connectivity index is 1.73. The Labute approximate surface area is 219 Å². The van der Waals surface area contributed by atoms with Crippen LogP contribution in [0.15, 0.2) is 46.4 Å². The quantitative estimate of drug-likeness (QED) is 0.384. The molecule has 0 bridgehead atoms. The van der Waals surface area contributed by atoms with Gasteiger partial charge in [0.2, 0.25) is 0 Å². The Hall–Kier alpha value is -4.20. The molecule has 4 heterocycles. The van der Waals surface area contributed by atoms with Crippen molar-refractivity contribution in [1.29, 1.82) is 0 Å². The van der Waals surface area contributed by atoms with Crippen molar-refractivity contribution in [2.24, 2.45) is 14.1 Å². The lowest BCUT2D eigenvalue weighted by Crippen LogP contribution is -2.49. The Morgan fingerprint density at radius 2 is 1.79 bits per heavy atom. The van der Waals surface area contributed by atoms with Gasteiger partial charge in [-0.1, -0.05) is 12.1 Å². The average Bonchev–Trinajstić information content (AvgIpc) is 3.32. The highest BCUT2D eigenvalue weighted by atomic mass is 19.4. The summed E-state index contributed by atoms with van der Waals surface area (Å²) in [5.74, 6) is -1.32. The van der Waals surface area contributed by atoms with E-state index < -0.39 is 34.7 Å². The third kappa shape index (κ3) is 4.75. The number of rotatable bonds is 5. The summed E-state index contributed by atoms with van der Waals surface area (Å²) in [4.78, 5) is 27.1. The van der Waals surface area contributed by atoms with E-state index in [2.05, 4.69) is 15.5 Å². The molecule has 206 valence electrons. The van der Waals surface area contributed by atoms with Crippen molar-refractivity contribution in [2.75, 3.05) is 36.6 Å². The normalized spacial score (nSPS) is 15.1. The minimum absolute atomic E-state index is 0.0502. The summed E-state index contributed by atoms with van der Waals surface area (Å²) in [6, 6.07) is 2.07. The SMILES string of the molecule is C[C@@H](Nc1nn(C)c(=O)c2c(-c3cnn(C)c3)c(=O)n(N3CCOCC3)cc12)c1cccc(C(F)(F)F)c1F. The number of aryl methyl sites for hydroxylation is 2. The Morgan fingerprint density at radius 3 is 2.44 bits per heavy atom. The molecule has 1 N–H and O–H groups in total. The number of nitrogens with zero attached hydrogens (tertiary/aromatic N) is 6. The minimum Gasteiger partial charge on any atom is -0.378 e. The summed E-state index contributed by atoms with van der Waals surface area (Å²) < 4.78 is 64.2. The van der Waals surface area contributed by atoms with Gasteiger partial charge in [-0.25, -0.2) is 13.7 Å². The van der Waals surface area contributed by atoms with Crippen LogP contribution in [0.1, 0.15) is 24.1 Å². The number of nitrogens with one attached hydrogen (secondary N) is 1. The van der Waals surface area contributed by atoms with Gasteiger partial charge in [-0.15, -0.1) is 0 Å². The lowest BCUT2D eigenvalue weighted by Gasteiger charge is -2.31. The first-order chi connectivity index (χ1) is 18.5. The lowest BCUT2D eigenvalue weighted by atomic mass is 10.0. The van der Waals surface area contributed by atoms with Gasteiger partial charge in [0, 0.05) is 37.6 Å². The number of aromatic nitrogens is 5. The largest absolute Gasteiger partial charge is 0.419 e. The number of morpholine rings is 1. The second-order valence-electron chi connectivity index (χ2n) is 9.26. The maximum absolute atomic E-state index is 14.9. The van der Waals surface area contributed by atoms with Crippen molar-refractivity contribution in [2.45, 2.75) is 19.1 Å². The van der Waals surface area contributed by atoms with E-state index in [1.807, 2.05) is 0 Å². The van der Waals surface area contributed by atoms with E-state index in [9.17, 15) is 27.2 Å². The summed E-state index contributed by atoms with van der Waals surface area (Å²) in [7, 11) is 3.07. The molecular weight excluding hydrogens is 522 g/mol. The van der Waals surface area contributed by atoms with E-state index in [0.29, 0.717) is 37.9 Å². The number of hydrogen-bond acceptors (Lipinski definition) is 7. The number of benzene rings is 1. The van der Waals surface area contributed by atoms with Crippen molar-refractivity contribution in [3.63, 3.8) is 0 Å². The molecule has 1 aliphatic heterocycles. The van der Waals surface area contributed by atoms with Gasteiger partial charge in [0.1, 0.15) is 5.82 Å². The predicted octanol–water partition coefficient (Wildman–Crippen LogP) is 2.79. The van der Waals surface area contributed by atoms with Gasteiger partial charge in [-0.3, -0.25) is 14.3 Å². The van der Waals surface area contributed by atoms with Gasteiger partial charge in [-0.05, 0) is 13.0 Å². The van der Waals surface area contributed by atoms with Crippen LogP contribution in [-0.2, 0) is 25.0 Å². The van der Waals surface area contributed by atoms with E-state index in [1.54, 1.807) is 18.3 Å². The first-order valence-corrected chi connectivity index (χ1v) is 12.1. The molecule has 0 unspecified atom stereocenters. The van der Waals surface area contributed by atoms with Gasteiger partial charge in [0.25, 0.3) is 11.1 Å². The molecule has 0 aliphatic carbocycles. The third-order valence-corrected chi connectivity index (χ3v) is 6.65. The van der Waals surface area contributed by atoms with Crippen molar-refractivity contribution >= 4 is 16.6 Å². The van der Waals surface area contributed by atoms with Crippen LogP contribution in [0.25, 0.3) is 21.9 Å². The van der Waals surface area contributed by atoms with Gasteiger partial charge in [-0.2, -0.15) is 23.4 Å². The van der Waals surface area contributed by atoms with E-state index in [4.69, 9.17) is 4.74 Å². The minimum atomic E-state index is -4.87. The smallest absolute Gasteiger partial charge is 0.378 e. The molecule has 1 saturated heterocycles. The number of hydrogen-bond donors (Lipinski definition) is 1. The topological polar surface area (TPSA) is 99.2 Å². The number of ether oxygens (including phenoxy) is 1. The van der Waals surface area contributed by atoms with Crippen LogP contribution in [0.2, 0.25) is 0 Å². The molecule has 0 radical (unpaired) electrons. The fourth-order valence-electron chi connectivity index (χ4n) is 4.70. The molecule has 14 heteroatoms. The first kappa shape index (κ1) is 26.4. The Bertz CT molecular complexity index is 1670. The third-order valence-electron chi connectivity index (χ3n) is 6.65. The lowest BCUT2D eigenvalue weighted by molar-refractivity contribution is -0.140. The van der Waals surface area contributed by atoms with Crippen LogP contribution in [0.5, 0.6) is 0 Å². The molecule has 3 aromatic heterocycles. The summed E-state index contributed by atoms with van der Waals surface area (Å²) in [6.45, 7) is 3.07. The van der Waals surface area contributed by atoms with E-state index >= 15 is 0 Å². The molecule has 1 atom stereocenters. The summed E-state index contributed by atoms with van der Waals surface area (Å²) >= 11 is 0. The van der Waals surface area contributed by atoms with Crippen LogP contribution in [-0.4, -0.2) is 50.5 Å². The monoisotopic (exact) mass is 547 g/mol. The van der Waals surface area contributed by atoms with Gasteiger partial charge in [0.05, 0.1) is 60.4 Å². The van der Waals surface area contributed by atoms with E-state index in [-0.39, 0.29) is 27.7 Å². The molecule has 39 heavy (non-hydrogen) atoms. The summed E-state index contributed by atoms with van der Waals surface area (Å²) in [5, 5.41) is 13.5. The van der Waals surface area contributed by atoms with Gasteiger partial charge < -0.3 is 15.1 Å². The van der Waals surface area contributed by atoms with Crippen molar-refractivity contribution in [1.82, 2.24) is 24.2 Å². The number of halogens is 4. The molecule has 1 aromatic carbocycles. The molecule has 1 aliphatic rings. The Morgan fingerprint density at radius 1 is 1.08 bits per heavy atom. The molecule has 4 aromatic rings. The van der Waals surface area contributed by atoms with E-state index in [0.717, 1.165) is 10.7 Å². The fourth-order valence-corrected chi connectivity index (χ4v) is 4.70. The Kier molecular flexibility index (Phi) is 6.66. The van der Waals surface area contributed by atoms with Crippen molar-refractivity contribution in [3.8, 4) is 11.1 Å². The number of alkyl halides is 3. The molecular formula is C25H25F4N7O3. The standard InChI is InChI=1S/C25H25F4N7O3/c1-14(16-5-4-6-18(21(16)26)25(27,28)29)31-22-17-13-36(35-7-9-39-10-8-35)24(38)19(15-11-30-33(2)12-15)20(17)23(37)34(3)32-22/h4-6,11-14H,7-10H2,1-3H3,(H,31,32)/t14-/m1/s1. The molecule has 10 nitrogen and oxygen atoms in total. The van der Waals surface area contributed by atoms with Crippen LogP contribution in [0.4, 0.5) is 23.4 Å². The highest BCUT2D eigenvalue weighted by molar-refractivity contribution is 6.00. The van der Waals surface area contributed by atoms with Crippen molar-refractivity contribution in [3.05, 3.63) is 74.4 Å². The molecule has 0 amide bonds. The average molecular weight is 548 g/mol. The highest BCUT2D eigenvalue weighted by Gasteiger charge is 2.35. The van der Waals surface area contributed by atoms with Crippen LogP contribution < -0.4 is 21.4 Å². The number of pyridine rings is 1. The van der Waals surface area contributed by atoms with Crippen LogP contribution in [0.3, 0.4) is 0 Å². The number of anilines is 1. The zero-order chi connectivity index (χ0) is 28.1. The second-order valence-corrected chi connectivity index (χ2v) is 9.26. The second kappa shape index (κ2) is 9.84. The van der Waals surface area contributed by atoms with Gasteiger partial charge >= 0.3 is 6.18 Å². The molecule has 1 fully saturated rings. The maximum atomic E-state index is 14.9. The first-order valence-electron chi connectivity index (χ1n) is 12.1. The van der Waals surface area contributed by atoms with Gasteiger partial charge in [0.15, 0.2) is 5.82 Å². The summed E-state index contributed by atoms with van der Waals surface area (Å²) in [6.07, 6.45) is -0.329. The van der Waals surface area contributed by atoms with Crippen molar-refractivity contribution < 1.29 is 22.3 Å². The number of fused-ring (bicyclic) bond motifs is 1. The molecule has 0 spiro atoms. The van der Waals surface area contributed by atoms with Crippen LogP contribution >= 0.6 is 0 Å². The van der Waals surface area contributed by atoms with E-state index in [1.165, 1.54) is 41.8 Å². The molecule has 5 rings (SSSR count). The highest BCUT2D eigenvalue weighted by Crippen LogP contribution is 2.35. The summed E-state index contributed by atoms with van der Waals surface area (Å²) in [5.41, 5.74) is -2.13. The fraction of sp³-hybridized carbons (Fsp3) is 0.360. The zero-order valence-electron chi connectivity index (χ0n) is 21.3. The maximum Gasteiger partial charge on any atom is 0.419 e. The predicted molar refractivity (Wildman–Crippen MR) is 136 cm³/mol. The zero-order valence-corrected chi connectivity index (χ0v) is 21.3. The molecule has 0 saturated carbocycles. The van der Waals surface area contributed by atoms with Crippen LogP contribution in [0, 0.1) is 5.82 Å².